The fourth-order valence-electron chi connectivity index (χ4n) is 3.54. The van der Waals surface area contributed by atoms with Crippen LogP contribution in [0.5, 0.6) is 17.2 Å². The molecule has 0 spiro atoms. The molecule has 0 atom stereocenters. The first-order valence-electron chi connectivity index (χ1n) is 12.1. The normalized spacial score (nSPS) is 11.2. The third-order valence-corrected chi connectivity index (χ3v) is 6.30. The second-order valence-corrected chi connectivity index (χ2v) is 9.74. The molecule has 3 aromatic rings. The van der Waals surface area contributed by atoms with Gasteiger partial charge in [-0.05, 0) is 60.2 Å². The van der Waals surface area contributed by atoms with Crippen LogP contribution in [0.3, 0.4) is 0 Å². The first-order chi connectivity index (χ1) is 17.8. The van der Waals surface area contributed by atoms with Crippen LogP contribution in [0.4, 0.5) is 5.13 Å². The summed E-state index contributed by atoms with van der Waals surface area (Å²) in [4.78, 5) is 12.6. The summed E-state index contributed by atoms with van der Waals surface area (Å²) < 4.78 is 17.3. The number of methoxy groups -OCH3 is 1. The number of hydrogen-bond acceptors (Lipinski definition) is 8. The van der Waals surface area contributed by atoms with Crippen molar-refractivity contribution in [1.29, 1.82) is 5.26 Å². The Labute approximate surface area is 221 Å². The van der Waals surface area contributed by atoms with Gasteiger partial charge in [-0.15, -0.1) is 10.2 Å². The molecule has 1 amide bonds. The van der Waals surface area contributed by atoms with Crippen molar-refractivity contribution in [2.75, 3.05) is 25.6 Å². The highest BCUT2D eigenvalue weighted by Crippen LogP contribution is 2.30. The molecular formula is C28H32N4O4S. The Bertz CT molecular complexity index is 1290. The van der Waals surface area contributed by atoms with Crippen molar-refractivity contribution >= 4 is 28.5 Å². The van der Waals surface area contributed by atoms with Gasteiger partial charge in [0.15, 0.2) is 11.5 Å². The average Bonchev–Trinajstić information content (AvgIpc) is 3.32. The summed E-state index contributed by atoms with van der Waals surface area (Å²) in [5, 5.41) is 21.4. The minimum absolute atomic E-state index is 0.0597. The van der Waals surface area contributed by atoms with Gasteiger partial charge in [-0.2, -0.15) is 5.26 Å². The number of aromatic nitrogens is 2. The first-order valence-corrected chi connectivity index (χ1v) is 13.0. The number of hydrogen-bond donors (Lipinski definition) is 1. The first kappa shape index (κ1) is 27.7. The lowest BCUT2D eigenvalue weighted by Gasteiger charge is -2.16. The fraction of sp³-hybridized carbons (Fsp3) is 0.357. The Morgan fingerprint density at radius 2 is 1.86 bits per heavy atom. The van der Waals surface area contributed by atoms with Crippen LogP contribution < -0.4 is 19.5 Å². The van der Waals surface area contributed by atoms with E-state index in [0.717, 1.165) is 34.7 Å². The molecule has 37 heavy (non-hydrogen) atoms. The molecule has 9 heteroatoms. The molecule has 3 rings (SSSR count). The van der Waals surface area contributed by atoms with E-state index in [4.69, 9.17) is 14.2 Å². The van der Waals surface area contributed by atoms with Crippen LogP contribution in [0.2, 0.25) is 0 Å². The van der Waals surface area contributed by atoms with Gasteiger partial charge in [0.2, 0.25) is 5.13 Å². The van der Waals surface area contributed by atoms with E-state index in [1.807, 2.05) is 26.0 Å². The lowest BCUT2D eigenvalue weighted by molar-refractivity contribution is -0.112. The third-order valence-electron chi connectivity index (χ3n) is 5.40. The van der Waals surface area contributed by atoms with E-state index in [1.165, 1.54) is 24.5 Å². The van der Waals surface area contributed by atoms with Crippen molar-refractivity contribution in [3.8, 4) is 23.3 Å². The number of nitriles is 1. The van der Waals surface area contributed by atoms with E-state index >= 15 is 0 Å². The predicted octanol–water partition coefficient (Wildman–Crippen LogP) is 5.93. The molecule has 0 aliphatic rings. The lowest BCUT2D eigenvalue weighted by Crippen LogP contribution is -2.13. The molecule has 0 bridgehead atoms. The summed E-state index contributed by atoms with van der Waals surface area (Å²) >= 11 is 1.30. The highest BCUT2D eigenvalue weighted by Gasteiger charge is 2.14. The summed E-state index contributed by atoms with van der Waals surface area (Å²) in [6.45, 7) is 9.05. The standard InChI is InChI=1S/C28H32N4O4S/c1-6-7-26-31-32-28(37-26)30-27(33)21(17-29)15-20-9-11-23(25(16-20)34-5)35-12-13-36-24-14-19(4)8-10-22(24)18(2)3/h8-11,14-16,18H,6-7,12-13H2,1-5H3,(H,30,32,33). The highest BCUT2D eigenvalue weighted by atomic mass is 32.1. The maximum absolute atomic E-state index is 12.6. The number of ether oxygens (including phenoxy) is 3. The molecule has 0 saturated heterocycles. The van der Waals surface area contributed by atoms with Gasteiger partial charge >= 0.3 is 0 Å². The number of aryl methyl sites for hydroxylation is 2. The molecule has 2 aromatic carbocycles. The molecule has 0 fully saturated rings. The Morgan fingerprint density at radius 3 is 2.54 bits per heavy atom. The van der Waals surface area contributed by atoms with Crippen LogP contribution in [0.15, 0.2) is 42.0 Å². The van der Waals surface area contributed by atoms with Gasteiger partial charge in [0.05, 0.1) is 7.11 Å². The van der Waals surface area contributed by atoms with E-state index in [-0.39, 0.29) is 5.57 Å². The summed E-state index contributed by atoms with van der Waals surface area (Å²) in [5.41, 5.74) is 2.86. The van der Waals surface area contributed by atoms with Gasteiger partial charge in [-0.1, -0.05) is 50.3 Å². The van der Waals surface area contributed by atoms with Crippen molar-refractivity contribution in [1.82, 2.24) is 10.2 Å². The molecule has 0 unspecified atom stereocenters. The zero-order valence-electron chi connectivity index (χ0n) is 21.8. The largest absolute Gasteiger partial charge is 0.493 e. The van der Waals surface area contributed by atoms with Gasteiger partial charge in [-0.25, -0.2) is 0 Å². The Kier molecular flexibility index (Phi) is 10.0. The SMILES string of the molecule is CCCc1nnc(NC(=O)C(C#N)=Cc2ccc(OCCOc3cc(C)ccc3C(C)C)c(OC)c2)s1. The predicted molar refractivity (Wildman–Crippen MR) is 145 cm³/mol. The second-order valence-electron chi connectivity index (χ2n) is 8.68. The fourth-order valence-corrected chi connectivity index (χ4v) is 4.38. The van der Waals surface area contributed by atoms with Crippen LogP contribution in [0, 0.1) is 18.3 Å². The number of rotatable bonds is 12. The van der Waals surface area contributed by atoms with E-state index < -0.39 is 5.91 Å². The number of carbonyl (C=O) groups is 1. The summed E-state index contributed by atoms with van der Waals surface area (Å²) in [6.07, 6.45) is 3.22. The van der Waals surface area contributed by atoms with Crippen molar-refractivity contribution in [3.63, 3.8) is 0 Å². The van der Waals surface area contributed by atoms with Gasteiger partial charge in [0.25, 0.3) is 5.91 Å². The van der Waals surface area contributed by atoms with Crippen molar-refractivity contribution in [3.05, 3.63) is 63.7 Å². The molecule has 0 aliphatic heterocycles. The van der Waals surface area contributed by atoms with E-state index in [2.05, 4.69) is 41.5 Å². The number of benzene rings is 2. The summed E-state index contributed by atoms with van der Waals surface area (Å²) in [7, 11) is 1.54. The van der Waals surface area contributed by atoms with Crippen LogP contribution in [0.1, 0.15) is 54.8 Å². The number of anilines is 1. The monoisotopic (exact) mass is 520 g/mol. The van der Waals surface area contributed by atoms with Gasteiger partial charge in [-0.3, -0.25) is 10.1 Å². The minimum atomic E-state index is -0.546. The third kappa shape index (κ3) is 7.79. The molecule has 0 radical (unpaired) electrons. The average molecular weight is 521 g/mol. The van der Waals surface area contributed by atoms with E-state index in [9.17, 15) is 10.1 Å². The Hall–Kier alpha value is -3.90. The van der Waals surface area contributed by atoms with Crippen molar-refractivity contribution in [2.45, 2.75) is 46.5 Å². The molecule has 1 aromatic heterocycles. The minimum Gasteiger partial charge on any atom is -0.493 e. The Balaban J connectivity index is 1.63. The van der Waals surface area contributed by atoms with Crippen LogP contribution >= 0.6 is 11.3 Å². The number of amides is 1. The zero-order valence-corrected chi connectivity index (χ0v) is 22.6. The summed E-state index contributed by atoms with van der Waals surface area (Å²) in [6, 6.07) is 13.4. The molecule has 194 valence electrons. The van der Waals surface area contributed by atoms with Crippen LogP contribution in [-0.4, -0.2) is 36.4 Å². The lowest BCUT2D eigenvalue weighted by atomic mass is 10.0. The van der Waals surface area contributed by atoms with Gasteiger partial charge in [0.1, 0.15) is 35.6 Å². The molecular weight excluding hydrogens is 488 g/mol. The summed E-state index contributed by atoms with van der Waals surface area (Å²) in [5.74, 6) is 1.70. The molecule has 0 saturated carbocycles. The molecule has 1 heterocycles. The van der Waals surface area contributed by atoms with Crippen molar-refractivity contribution < 1.29 is 19.0 Å². The van der Waals surface area contributed by atoms with Crippen molar-refractivity contribution in [2.24, 2.45) is 0 Å². The van der Waals surface area contributed by atoms with Gasteiger partial charge in [0, 0.05) is 6.42 Å². The van der Waals surface area contributed by atoms with Crippen LogP contribution in [-0.2, 0) is 11.2 Å². The molecule has 8 nitrogen and oxygen atoms in total. The maximum Gasteiger partial charge on any atom is 0.268 e. The highest BCUT2D eigenvalue weighted by molar-refractivity contribution is 7.15. The number of nitrogens with one attached hydrogen (secondary N) is 1. The van der Waals surface area contributed by atoms with E-state index in [1.54, 1.807) is 18.2 Å². The molecule has 0 aliphatic carbocycles. The molecule has 1 N–H and O–H groups in total. The second kappa shape index (κ2) is 13.4. The topological polar surface area (TPSA) is 106 Å². The van der Waals surface area contributed by atoms with Gasteiger partial charge < -0.3 is 14.2 Å². The zero-order chi connectivity index (χ0) is 26.8. The van der Waals surface area contributed by atoms with E-state index in [0.29, 0.717) is 41.3 Å². The van der Waals surface area contributed by atoms with Crippen LogP contribution in [0.25, 0.3) is 6.08 Å². The maximum atomic E-state index is 12.6. The quantitative estimate of drug-likeness (QED) is 0.179. The Morgan fingerprint density at radius 1 is 1.11 bits per heavy atom. The number of nitrogens with zero attached hydrogens (tertiary/aromatic N) is 3. The smallest absolute Gasteiger partial charge is 0.268 e. The number of carbonyl (C=O) groups excluding carboxylic acids is 1.